The summed E-state index contributed by atoms with van der Waals surface area (Å²) in [6.45, 7) is 1.78. The Labute approximate surface area is 165 Å². The fraction of sp³-hybridized carbons (Fsp3) is 0.278. The van der Waals surface area contributed by atoms with E-state index in [4.69, 9.17) is 22.1 Å². The number of rotatable bonds is 5. The third-order valence-electron chi connectivity index (χ3n) is 4.51. The molecule has 1 aliphatic rings. The molecule has 0 amide bonds. The molecule has 1 aliphatic carbocycles. The molecule has 0 heterocycles. The second-order valence-electron chi connectivity index (χ2n) is 6.10. The van der Waals surface area contributed by atoms with Crippen molar-refractivity contribution in [1.29, 1.82) is 0 Å². The van der Waals surface area contributed by atoms with E-state index < -0.39 is 32.5 Å². The molecular weight excluding hydrogens is 442 g/mol. The van der Waals surface area contributed by atoms with Gasteiger partial charge in [0.05, 0.1) is 11.5 Å². The number of hydrogen-bond acceptors (Lipinski definition) is 5. The van der Waals surface area contributed by atoms with Gasteiger partial charge in [-0.3, -0.25) is 0 Å². The Balaban J connectivity index is 2.06. The number of nitrogens with two attached hydrogens (primary N) is 1. The van der Waals surface area contributed by atoms with Crippen LogP contribution in [0.4, 0.5) is 0 Å². The van der Waals surface area contributed by atoms with E-state index in [1.165, 1.54) is 24.3 Å². The van der Waals surface area contributed by atoms with Crippen LogP contribution in [-0.2, 0) is 19.4 Å². The summed E-state index contributed by atoms with van der Waals surface area (Å²) in [5, 5.41) is -0.676. The highest BCUT2D eigenvalue weighted by Crippen LogP contribution is 2.56. The first-order chi connectivity index (χ1) is 12.2. The molecule has 1 saturated carbocycles. The first-order valence-electron chi connectivity index (χ1n) is 7.94. The van der Waals surface area contributed by atoms with Gasteiger partial charge in [-0.25, -0.2) is 13.2 Å². The lowest BCUT2D eigenvalue weighted by atomic mass is 10.1. The van der Waals surface area contributed by atoms with Crippen LogP contribution < -0.4 is 5.73 Å². The van der Waals surface area contributed by atoms with Gasteiger partial charge in [0.2, 0.25) is 0 Å². The van der Waals surface area contributed by atoms with Crippen molar-refractivity contribution in [3.8, 4) is 0 Å². The summed E-state index contributed by atoms with van der Waals surface area (Å²) in [4.78, 5) is 12.6. The van der Waals surface area contributed by atoms with Crippen LogP contribution in [0.2, 0.25) is 5.02 Å². The molecule has 0 spiro atoms. The van der Waals surface area contributed by atoms with E-state index in [0.717, 1.165) is 4.47 Å². The van der Waals surface area contributed by atoms with Crippen LogP contribution in [0.5, 0.6) is 0 Å². The van der Waals surface area contributed by atoms with Crippen LogP contribution in [0.1, 0.15) is 18.4 Å². The Morgan fingerprint density at radius 2 is 1.77 bits per heavy atom. The topological polar surface area (TPSA) is 86.5 Å². The Bertz CT molecular complexity index is 931. The average molecular weight is 459 g/mol. The molecule has 8 heteroatoms. The predicted molar refractivity (Wildman–Crippen MR) is 103 cm³/mol. The number of sulfone groups is 1. The van der Waals surface area contributed by atoms with Gasteiger partial charge in [-0.2, -0.15) is 0 Å². The fourth-order valence-electron chi connectivity index (χ4n) is 3.20. The zero-order chi connectivity index (χ0) is 19.1. The molecule has 0 bridgehead atoms. The van der Waals surface area contributed by atoms with Crippen LogP contribution in [0, 0.1) is 0 Å². The number of ether oxygens (including phenoxy) is 1. The quantitative estimate of drug-likeness (QED) is 0.695. The lowest BCUT2D eigenvalue weighted by molar-refractivity contribution is -0.145. The fourth-order valence-corrected chi connectivity index (χ4v) is 5.82. The van der Waals surface area contributed by atoms with Gasteiger partial charge in [-0.05, 0) is 48.9 Å². The molecule has 0 radical (unpaired) electrons. The molecule has 3 rings (SSSR count). The maximum atomic E-state index is 13.1. The van der Waals surface area contributed by atoms with Gasteiger partial charge in [0.25, 0.3) is 0 Å². The highest BCUT2D eigenvalue weighted by atomic mass is 79.9. The van der Waals surface area contributed by atoms with Crippen molar-refractivity contribution in [2.45, 2.75) is 28.5 Å². The Morgan fingerprint density at radius 1 is 1.19 bits per heavy atom. The van der Waals surface area contributed by atoms with E-state index in [-0.39, 0.29) is 11.5 Å². The van der Waals surface area contributed by atoms with Crippen molar-refractivity contribution in [2.75, 3.05) is 6.61 Å². The number of carbonyl (C=O) groups is 1. The largest absolute Gasteiger partial charge is 0.465 e. The summed E-state index contributed by atoms with van der Waals surface area (Å²) in [7, 11) is -3.86. The van der Waals surface area contributed by atoms with Gasteiger partial charge in [0.15, 0.2) is 9.84 Å². The lowest BCUT2D eigenvalue weighted by Crippen LogP contribution is -2.41. The molecule has 138 valence electrons. The molecular formula is C18H17BrClNO4S. The third-order valence-corrected chi connectivity index (χ3v) is 7.55. The minimum Gasteiger partial charge on any atom is -0.465 e. The summed E-state index contributed by atoms with van der Waals surface area (Å²) in [5.41, 5.74) is 5.35. The van der Waals surface area contributed by atoms with Gasteiger partial charge < -0.3 is 10.5 Å². The van der Waals surface area contributed by atoms with E-state index in [0.29, 0.717) is 10.6 Å². The number of benzene rings is 2. The zero-order valence-electron chi connectivity index (χ0n) is 13.9. The normalized spacial score (nSPS) is 24.9. The highest BCUT2D eigenvalue weighted by molar-refractivity contribution is 9.10. The standard InChI is InChI=1S/C18H17BrClNO4S/c1-2-25-17(22)18(21)15(11-3-5-12(19)6-4-11)16(18)26(23,24)14-9-7-13(20)8-10-14/h3-10,15-16H,2,21H2,1H3/t15-,16-,18+/m1/s1. The van der Waals surface area contributed by atoms with Crippen molar-refractivity contribution < 1.29 is 17.9 Å². The van der Waals surface area contributed by atoms with Crippen molar-refractivity contribution in [3.63, 3.8) is 0 Å². The summed E-state index contributed by atoms with van der Waals surface area (Å²) in [6, 6.07) is 12.9. The summed E-state index contributed by atoms with van der Waals surface area (Å²) in [5.74, 6) is -1.40. The molecule has 0 unspecified atom stereocenters. The maximum Gasteiger partial charge on any atom is 0.328 e. The van der Waals surface area contributed by atoms with Gasteiger partial charge in [-0.1, -0.05) is 39.7 Å². The minimum atomic E-state index is -3.86. The molecule has 26 heavy (non-hydrogen) atoms. The van der Waals surface area contributed by atoms with Crippen LogP contribution in [0.3, 0.4) is 0 Å². The predicted octanol–water partition coefficient (Wildman–Crippen LogP) is 3.30. The zero-order valence-corrected chi connectivity index (χ0v) is 17.0. The average Bonchev–Trinajstić information content (AvgIpc) is 3.25. The number of hydrogen-bond donors (Lipinski definition) is 1. The van der Waals surface area contributed by atoms with Gasteiger partial charge >= 0.3 is 5.97 Å². The van der Waals surface area contributed by atoms with E-state index in [1.54, 1.807) is 31.2 Å². The molecule has 0 aliphatic heterocycles. The second-order valence-corrected chi connectivity index (χ2v) is 9.52. The smallest absolute Gasteiger partial charge is 0.328 e. The first-order valence-corrected chi connectivity index (χ1v) is 10.7. The van der Waals surface area contributed by atoms with Crippen molar-refractivity contribution in [3.05, 3.63) is 63.6 Å². The SMILES string of the molecule is CCOC(=O)[C@]1(N)[C@H](c2ccc(Br)cc2)[C@H]1S(=O)(=O)c1ccc(Cl)cc1. The summed E-state index contributed by atoms with van der Waals surface area (Å²) < 4.78 is 32.2. The van der Waals surface area contributed by atoms with Crippen molar-refractivity contribution in [1.82, 2.24) is 0 Å². The molecule has 1 fully saturated rings. The van der Waals surface area contributed by atoms with E-state index >= 15 is 0 Å². The molecule has 0 saturated heterocycles. The summed E-state index contributed by atoms with van der Waals surface area (Å²) >= 11 is 9.19. The van der Waals surface area contributed by atoms with E-state index in [1.807, 2.05) is 0 Å². The van der Waals surface area contributed by atoms with Crippen LogP contribution in [0.15, 0.2) is 57.9 Å². The summed E-state index contributed by atoms with van der Waals surface area (Å²) in [6.07, 6.45) is 0. The molecule has 0 aromatic heterocycles. The molecule has 3 atom stereocenters. The van der Waals surface area contributed by atoms with E-state index in [2.05, 4.69) is 15.9 Å². The molecule has 2 aromatic rings. The van der Waals surface area contributed by atoms with Crippen LogP contribution in [-0.4, -0.2) is 31.8 Å². The van der Waals surface area contributed by atoms with Crippen molar-refractivity contribution >= 4 is 43.3 Å². The highest BCUT2D eigenvalue weighted by Gasteiger charge is 2.74. The Kier molecular flexibility index (Phi) is 5.18. The number of halogens is 2. The monoisotopic (exact) mass is 457 g/mol. The van der Waals surface area contributed by atoms with Crippen LogP contribution >= 0.6 is 27.5 Å². The number of carbonyl (C=O) groups excluding carboxylic acids is 1. The van der Waals surface area contributed by atoms with E-state index in [9.17, 15) is 13.2 Å². The molecule has 2 aromatic carbocycles. The third kappa shape index (κ3) is 3.17. The molecule has 5 nitrogen and oxygen atoms in total. The Hall–Kier alpha value is -1.41. The maximum absolute atomic E-state index is 13.1. The van der Waals surface area contributed by atoms with Gasteiger partial charge in [0.1, 0.15) is 10.8 Å². The van der Waals surface area contributed by atoms with Gasteiger partial charge in [0, 0.05) is 15.4 Å². The Morgan fingerprint density at radius 3 is 2.31 bits per heavy atom. The second kappa shape index (κ2) is 6.96. The molecule has 2 N–H and O–H groups in total. The van der Waals surface area contributed by atoms with Crippen LogP contribution in [0.25, 0.3) is 0 Å². The van der Waals surface area contributed by atoms with Crippen molar-refractivity contribution in [2.24, 2.45) is 5.73 Å². The van der Waals surface area contributed by atoms with Gasteiger partial charge in [-0.15, -0.1) is 0 Å². The lowest BCUT2D eigenvalue weighted by Gasteiger charge is -2.11. The minimum absolute atomic E-state index is 0.0747. The first kappa shape index (κ1) is 19.4. The number of esters is 1.